The highest BCUT2D eigenvalue weighted by atomic mass is 35.5. The van der Waals surface area contributed by atoms with E-state index < -0.39 is 22.0 Å². The van der Waals surface area contributed by atoms with Gasteiger partial charge in [0.05, 0.1) is 29.4 Å². The van der Waals surface area contributed by atoms with Crippen LogP contribution in [0.15, 0.2) is 54.7 Å². The van der Waals surface area contributed by atoms with Gasteiger partial charge in [0.15, 0.2) is 0 Å². The number of carbonyl (C=O) groups is 3. The number of amides is 4. The molecule has 4 amide bonds. The van der Waals surface area contributed by atoms with E-state index in [1.807, 2.05) is 4.72 Å². The van der Waals surface area contributed by atoms with Crippen LogP contribution < -0.4 is 20.7 Å². The molecule has 4 N–H and O–H groups in total. The number of aryl methyl sites for hydroxylation is 1. The Balaban J connectivity index is 1.55. The van der Waals surface area contributed by atoms with Crippen molar-refractivity contribution in [2.75, 3.05) is 16.9 Å². The number of anilines is 2. The van der Waals surface area contributed by atoms with E-state index in [1.54, 1.807) is 54.7 Å². The fourth-order valence-corrected chi connectivity index (χ4v) is 5.45. The molecule has 3 rings (SSSR count). The number of sulfonamides is 1. The maximum Gasteiger partial charge on any atom is 0.323 e. The molecule has 10 nitrogen and oxygen atoms in total. The topological polar surface area (TPSA) is 146 Å². The van der Waals surface area contributed by atoms with Crippen molar-refractivity contribution >= 4 is 62.2 Å². The summed E-state index contributed by atoms with van der Waals surface area (Å²) in [4.78, 5) is 42.3. The maximum absolute atomic E-state index is 12.9. The van der Waals surface area contributed by atoms with Crippen LogP contribution >= 0.6 is 22.9 Å². The van der Waals surface area contributed by atoms with Crippen LogP contribution in [0.5, 0.6) is 0 Å². The molecule has 2 aromatic carbocycles. The summed E-state index contributed by atoms with van der Waals surface area (Å²) in [5, 5.41) is 9.64. The number of benzene rings is 2. The Morgan fingerprint density at radius 2 is 1.70 bits per heavy atom. The van der Waals surface area contributed by atoms with E-state index in [-0.39, 0.29) is 24.8 Å². The van der Waals surface area contributed by atoms with Crippen LogP contribution in [0.2, 0.25) is 5.02 Å². The summed E-state index contributed by atoms with van der Waals surface area (Å²) in [5.74, 6) is -0.459. The van der Waals surface area contributed by atoms with Crippen LogP contribution in [-0.2, 0) is 32.5 Å². The number of hydrogen-bond donors (Lipinski definition) is 4. The van der Waals surface area contributed by atoms with Gasteiger partial charge in [0.25, 0.3) is 0 Å². The molecule has 0 saturated carbocycles. The SMILES string of the molecule is CC(C)CC(NC(=O)Cc1ccc(NC(=O)Nc2ccccc2Cl)cc1)c1ncc(CCC(=O)NS(C)(=O)=O)s1. The first-order chi connectivity index (χ1) is 18.9. The minimum Gasteiger partial charge on any atom is -0.347 e. The number of thiazole rings is 1. The number of nitrogens with zero attached hydrogens (tertiary/aromatic N) is 1. The van der Waals surface area contributed by atoms with Gasteiger partial charge in [-0.05, 0) is 48.6 Å². The summed E-state index contributed by atoms with van der Waals surface area (Å²) < 4.78 is 24.4. The Morgan fingerprint density at radius 1 is 1.00 bits per heavy atom. The molecule has 0 saturated heterocycles. The average Bonchev–Trinajstić information content (AvgIpc) is 3.33. The van der Waals surface area contributed by atoms with Gasteiger partial charge < -0.3 is 16.0 Å². The highest BCUT2D eigenvalue weighted by molar-refractivity contribution is 7.89. The lowest BCUT2D eigenvalue weighted by Crippen LogP contribution is -2.30. The molecule has 1 atom stereocenters. The number of urea groups is 1. The summed E-state index contributed by atoms with van der Waals surface area (Å²) in [5.41, 5.74) is 1.83. The Kier molecular flexibility index (Phi) is 11.1. The molecule has 0 fully saturated rings. The number of rotatable bonds is 12. The fraction of sp³-hybridized carbons (Fsp3) is 0.333. The van der Waals surface area contributed by atoms with Gasteiger partial charge in [0.2, 0.25) is 21.8 Å². The zero-order valence-corrected chi connectivity index (χ0v) is 24.8. The van der Waals surface area contributed by atoms with E-state index in [9.17, 15) is 22.8 Å². The molecule has 0 aliphatic carbocycles. The summed E-state index contributed by atoms with van der Waals surface area (Å²) >= 11 is 7.46. The first-order valence-electron chi connectivity index (χ1n) is 12.5. The molecule has 0 aliphatic rings. The van der Waals surface area contributed by atoms with Gasteiger partial charge in [-0.1, -0.05) is 49.7 Å². The van der Waals surface area contributed by atoms with Gasteiger partial charge in [-0.15, -0.1) is 11.3 Å². The van der Waals surface area contributed by atoms with Crippen molar-refractivity contribution in [1.29, 1.82) is 0 Å². The maximum atomic E-state index is 12.9. The van der Waals surface area contributed by atoms with Crippen molar-refractivity contribution in [1.82, 2.24) is 15.0 Å². The second-order valence-electron chi connectivity index (χ2n) is 9.64. The Bertz CT molecular complexity index is 1440. The third-order valence-electron chi connectivity index (χ3n) is 5.51. The second kappa shape index (κ2) is 14.2. The van der Waals surface area contributed by atoms with Crippen LogP contribution in [0, 0.1) is 5.92 Å². The Labute approximate surface area is 243 Å². The number of aromatic nitrogens is 1. The van der Waals surface area contributed by atoms with Crippen molar-refractivity contribution in [2.45, 2.75) is 45.6 Å². The number of carbonyl (C=O) groups excluding carboxylic acids is 3. The van der Waals surface area contributed by atoms with E-state index in [2.05, 4.69) is 34.8 Å². The number of halogens is 1. The van der Waals surface area contributed by atoms with E-state index >= 15 is 0 Å². The predicted octanol–water partition coefficient (Wildman–Crippen LogP) is 4.90. The molecular weight excluding hydrogens is 574 g/mol. The molecule has 40 heavy (non-hydrogen) atoms. The third kappa shape index (κ3) is 10.6. The van der Waals surface area contributed by atoms with Crippen molar-refractivity contribution in [3.8, 4) is 0 Å². The standard InChI is InChI=1S/C27H32ClN5O5S2/c1-17(2)14-23(26-29-16-20(39-26)12-13-24(34)33-40(3,37)38)31-25(35)15-18-8-10-19(11-9-18)30-27(36)32-22-7-5-4-6-21(22)28/h4-11,16-17,23H,12-15H2,1-3H3,(H,31,35)(H,33,34)(H2,30,32,36). The van der Waals surface area contributed by atoms with Gasteiger partial charge in [0.1, 0.15) is 5.01 Å². The third-order valence-corrected chi connectivity index (χ3v) is 7.61. The van der Waals surface area contributed by atoms with Gasteiger partial charge in [-0.25, -0.2) is 18.2 Å². The first kappa shape index (κ1) is 31.1. The van der Waals surface area contributed by atoms with E-state index in [0.29, 0.717) is 35.2 Å². The highest BCUT2D eigenvalue weighted by Crippen LogP contribution is 2.27. The predicted molar refractivity (Wildman–Crippen MR) is 158 cm³/mol. The Hall–Kier alpha value is -3.48. The number of hydrogen-bond acceptors (Lipinski definition) is 7. The van der Waals surface area contributed by atoms with Gasteiger partial charge >= 0.3 is 6.03 Å². The molecule has 0 bridgehead atoms. The largest absolute Gasteiger partial charge is 0.347 e. The Morgan fingerprint density at radius 3 is 2.35 bits per heavy atom. The molecule has 3 aromatic rings. The summed E-state index contributed by atoms with van der Waals surface area (Å²) in [7, 11) is -3.59. The number of para-hydroxylation sites is 1. The molecule has 0 spiro atoms. The van der Waals surface area contributed by atoms with Crippen molar-refractivity contribution < 1.29 is 22.8 Å². The quantitative estimate of drug-likeness (QED) is 0.231. The zero-order valence-electron chi connectivity index (χ0n) is 22.4. The van der Waals surface area contributed by atoms with E-state index in [0.717, 1.165) is 21.7 Å². The summed E-state index contributed by atoms with van der Waals surface area (Å²) in [6.45, 7) is 4.10. The van der Waals surface area contributed by atoms with Crippen molar-refractivity contribution in [3.63, 3.8) is 0 Å². The lowest BCUT2D eigenvalue weighted by molar-refractivity contribution is -0.121. The van der Waals surface area contributed by atoms with Crippen LogP contribution in [0.3, 0.4) is 0 Å². The van der Waals surface area contributed by atoms with Crippen molar-refractivity contribution in [2.24, 2.45) is 5.92 Å². The fourth-order valence-electron chi connectivity index (χ4n) is 3.77. The molecule has 1 aromatic heterocycles. The lowest BCUT2D eigenvalue weighted by atomic mass is 10.0. The molecule has 0 radical (unpaired) electrons. The average molecular weight is 606 g/mol. The second-order valence-corrected chi connectivity index (χ2v) is 12.9. The van der Waals surface area contributed by atoms with Crippen LogP contribution in [-0.4, -0.2) is 37.5 Å². The van der Waals surface area contributed by atoms with Gasteiger partial charge in [-0.3, -0.25) is 14.3 Å². The summed E-state index contributed by atoms with van der Waals surface area (Å²) in [6, 6.07) is 13.2. The van der Waals surface area contributed by atoms with Gasteiger partial charge in [0, 0.05) is 23.2 Å². The molecule has 214 valence electrons. The van der Waals surface area contributed by atoms with Gasteiger partial charge in [-0.2, -0.15) is 0 Å². The first-order valence-corrected chi connectivity index (χ1v) is 15.6. The van der Waals surface area contributed by atoms with Crippen LogP contribution in [0.25, 0.3) is 0 Å². The lowest BCUT2D eigenvalue weighted by Gasteiger charge is -2.18. The minimum atomic E-state index is -3.59. The molecule has 1 heterocycles. The number of nitrogens with one attached hydrogen (secondary N) is 4. The smallest absolute Gasteiger partial charge is 0.323 e. The van der Waals surface area contributed by atoms with E-state index in [4.69, 9.17) is 11.6 Å². The molecular formula is C27H32ClN5O5S2. The molecule has 0 aliphatic heterocycles. The molecule has 1 unspecified atom stereocenters. The zero-order chi connectivity index (χ0) is 29.3. The monoisotopic (exact) mass is 605 g/mol. The summed E-state index contributed by atoms with van der Waals surface area (Å²) in [6.07, 6.45) is 3.77. The minimum absolute atomic E-state index is 0.0163. The molecule has 13 heteroatoms. The van der Waals surface area contributed by atoms with E-state index in [1.165, 1.54) is 11.3 Å². The normalized spacial score (nSPS) is 12.0. The van der Waals surface area contributed by atoms with Crippen LogP contribution in [0.1, 0.15) is 48.2 Å². The van der Waals surface area contributed by atoms with Crippen molar-refractivity contribution in [3.05, 3.63) is 75.2 Å². The van der Waals surface area contributed by atoms with Crippen LogP contribution in [0.4, 0.5) is 16.2 Å². The highest BCUT2D eigenvalue weighted by Gasteiger charge is 2.20.